The van der Waals surface area contributed by atoms with Gasteiger partial charge in [0.2, 0.25) is 0 Å². The molecule has 0 amide bonds. The summed E-state index contributed by atoms with van der Waals surface area (Å²) in [4.78, 5) is 0. The zero-order valence-electron chi connectivity index (χ0n) is 8.07. The van der Waals surface area contributed by atoms with Gasteiger partial charge in [0.15, 0.2) is 0 Å². The van der Waals surface area contributed by atoms with E-state index in [4.69, 9.17) is 0 Å². The Morgan fingerprint density at radius 3 is 2.36 bits per heavy atom. The molecule has 0 radical (unpaired) electrons. The van der Waals surface area contributed by atoms with Crippen LogP contribution in [0.2, 0.25) is 0 Å². The van der Waals surface area contributed by atoms with E-state index < -0.39 is 0 Å². The van der Waals surface area contributed by atoms with E-state index in [0.29, 0.717) is 0 Å². The lowest BCUT2D eigenvalue weighted by Gasteiger charge is -2.10. The summed E-state index contributed by atoms with van der Waals surface area (Å²) in [5.74, 6) is 0.718. The fraction of sp³-hybridized carbons (Fsp3) is 0.636. The molecule has 0 saturated carbocycles. The summed E-state index contributed by atoms with van der Waals surface area (Å²) in [7, 11) is 0. The molecule has 0 aromatic carbocycles. The second-order valence-corrected chi connectivity index (χ2v) is 3.57. The fourth-order valence-corrected chi connectivity index (χ4v) is 1.86. The lowest BCUT2D eigenvalue weighted by molar-refractivity contribution is 0.736. The van der Waals surface area contributed by atoms with Crippen molar-refractivity contribution in [2.24, 2.45) is 5.92 Å². The Balaban J connectivity index is 2.75. The Kier molecular flexibility index (Phi) is 2.53. The van der Waals surface area contributed by atoms with Crippen LogP contribution in [-0.4, -0.2) is 0 Å². The largest absolute Gasteiger partial charge is 0.0662 e. The van der Waals surface area contributed by atoms with Gasteiger partial charge in [0.25, 0.3) is 0 Å². The molecule has 0 fully saturated rings. The minimum atomic E-state index is 0.718. The number of hydrogen-bond donors (Lipinski definition) is 0. The standard InChI is InChI=1S/C11H18/c1-5-6-11-9(3)7-8(2)10(11)4/h7,10H,5-6H2,1-4H3. The molecule has 0 heterocycles. The minimum absolute atomic E-state index is 0.718. The second-order valence-electron chi connectivity index (χ2n) is 3.57. The number of rotatable bonds is 2. The van der Waals surface area contributed by atoms with E-state index in [9.17, 15) is 0 Å². The van der Waals surface area contributed by atoms with Gasteiger partial charge in [-0.1, -0.05) is 43.1 Å². The van der Waals surface area contributed by atoms with Gasteiger partial charge < -0.3 is 0 Å². The van der Waals surface area contributed by atoms with Gasteiger partial charge in [0.05, 0.1) is 0 Å². The topological polar surface area (TPSA) is 0 Å². The molecule has 0 aromatic heterocycles. The van der Waals surface area contributed by atoms with Gasteiger partial charge in [0.1, 0.15) is 0 Å². The summed E-state index contributed by atoms with van der Waals surface area (Å²) in [5, 5.41) is 0. The lowest BCUT2D eigenvalue weighted by atomic mass is 9.95. The molecule has 1 unspecified atom stereocenters. The molecule has 1 atom stereocenters. The second kappa shape index (κ2) is 3.25. The van der Waals surface area contributed by atoms with Crippen LogP contribution >= 0.6 is 0 Å². The van der Waals surface area contributed by atoms with Crippen molar-refractivity contribution in [3.8, 4) is 0 Å². The third-order valence-electron chi connectivity index (χ3n) is 2.68. The van der Waals surface area contributed by atoms with E-state index in [0.717, 1.165) is 5.92 Å². The average Bonchev–Trinajstić information content (AvgIpc) is 2.17. The summed E-state index contributed by atoms with van der Waals surface area (Å²) in [6.45, 7) is 9.03. The van der Waals surface area contributed by atoms with E-state index in [1.165, 1.54) is 24.0 Å². The van der Waals surface area contributed by atoms with Crippen LogP contribution in [0.15, 0.2) is 22.8 Å². The smallest absolute Gasteiger partial charge is 0.00153 e. The molecular formula is C11H18. The van der Waals surface area contributed by atoms with Crippen molar-refractivity contribution in [1.29, 1.82) is 0 Å². The Labute approximate surface area is 70.0 Å². The maximum absolute atomic E-state index is 2.33. The highest BCUT2D eigenvalue weighted by Crippen LogP contribution is 2.33. The van der Waals surface area contributed by atoms with Crippen LogP contribution in [0.5, 0.6) is 0 Å². The Bertz CT molecular complexity index is 206. The van der Waals surface area contributed by atoms with Gasteiger partial charge in [-0.3, -0.25) is 0 Å². The summed E-state index contributed by atoms with van der Waals surface area (Å²) in [6.07, 6.45) is 4.88. The highest BCUT2D eigenvalue weighted by Gasteiger charge is 2.17. The van der Waals surface area contributed by atoms with Gasteiger partial charge in [-0.15, -0.1) is 0 Å². The summed E-state index contributed by atoms with van der Waals surface area (Å²) < 4.78 is 0. The van der Waals surface area contributed by atoms with Crippen molar-refractivity contribution < 1.29 is 0 Å². The first-order valence-electron chi connectivity index (χ1n) is 4.54. The van der Waals surface area contributed by atoms with Crippen LogP contribution in [0.1, 0.15) is 40.5 Å². The molecular weight excluding hydrogens is 132 g/mol. The number of hydrogen-bond acceptors (Lipinski definition) is 0. The lowest BCUT2D eigenvalue weighted by Crippen LogP contribution is -1.96. The van der Waals surface area contributed by atoms with Crippen molar-refractivity contribution in [2.75, 3.05) is 0 Å². The molecule has 11 heavy (non-hydrogen) atoms. The van der Waals surface area contributed by atoms with Crippen LogP contribution in [0.4, 0.5) is 0 Å². The Morgan fingerprint density at radius 1 is 1.36 bits per heavy atom. The van der Waals surface area contributed by atoms with E-state index in [1.807, 2.05) is 0 Å². The SMILES string of the molecule is CCCC1=C(C)C=C(C)C1C. The first-order valence-corrected chi connectivity index (χ1v) is 4.54. The van der Waals surface area contributed by atoms with E-state index in [-0.39, 0.29) is 0 Å². The fourth-order valence-electron chi connectivity index (χ4n) is 1.86. The van der Waals surface area contributed by atoms with Crippen molar-refractivity contribution in [3.63, 3.8) is 0 Å². The van der Waals surface area contributed by atoms with Crippen molar-refractivity contribution >= 4 is 0 Å². The van der Waals surface area contributed by atoms with Gasteiger partial charge >= 0.3 is 0 Å². The summed E-state index contributed by atoms with van der Waals surface area (Å²) in [5.41, 5.74) is 4.70. The molecule has 1 aliphatic carbocycles. The average molecular weight is 150 g/mol. The van der Waals surface area contributed by atoms with E-state index >= 15 is 0 Å². The van der Waals surface area contributed by atoms with Crippen molar-refractivity contribution in [2.45, 2.75) is 40.5 Å². The zero-order chi connectivity index (χ0) is 8.43. The molecule has 0 bridgehead atoms. The van der Waals surface area contributed by atoms with Crippen molar-refractivity contribution in [3.05, 3.63) is 22.8 Å². The normalized spacial score (nSPS) is 24.4. The summed E-state index contributed by atoms with van der Waals surface area (Å²) in [6, 6.07) is 0. The molecule has 62 valence electrons. The molecule has 0 N–H and O–H groups in total. The highest BCUT2D eigenvalue weighted by molar-refractivity contribution is 5.39. The van der Waals surface area contributed by atoms with Gasteiger partial charge in [-0.2, -0.15) is 0 Å². The van der Waals surface area contributed by atoms with Gasteiger partial charge in [0, 0.05) is 0 Å². The first-order chi connectivity index (χ1) is 5.16. The molecule has 0 nitrogen and oxygen atoms in total. The zero-order valence-corrected chi connectivity index (χ0v) is 8.07. The quantitative estimate of drug-likeness (QED) is 0.563. The molecule has 1 aliphatic rings. The number of allylic oxidation sites excluding steroid dienone is 4. The van der Waals surface area contributed by atoms with Crippen LogP contribution in [0.3, 0.4) is 0 Å². The van der Waals surface area contributed by atoms with Crippen LogP contribution in [0.25, 0.3) is 0 Å². The molecule has 1 rings (SSSR count). The monoisotopic (exact) mass is 150 g/mol. The third-order valence-corrected chi connectivity index (χ3v) is 2.68. The van der Waals surface area contributed by atoms with Crippen LogP contribution < -0.4 is 0 Å². The Hall–Kier alpha value is -0.520. The van der Waals surface area contributed by atoms with Crippen LogP contribution in [0, 0.1) is 5.92 Å². The Morgan fingerprint density at radius 2 is 2.00 bits per heavy atom. The maximum atomic E-state index is 2.33. The minimum Gasteiger partial charge on any atom is -0.0662 e. The van der Waals surface area contributed by atoms with Crippen LogP contribution in [-0.2, 0) is 0 Å². The molecule has 0 spiro atoms. The highest BCUT2D eigenvalue weighted by atomic mass is 14.2. The predicted octanol–water partition coefficient (Wildman–Crippen LogP) is 3.70. The maximum Gasteiger partial charge on any atom is -0.00153 e. The molecule has 0 aromatic rings. The third kappa shape index (κ3) is 1.55. The first kappa shape index (κ1) is 8.58. The molecule has 0 saturated heterocycles. The van der Waals surface area contributed by atoms with Gasteiger partial charge in [-0.05, 0) is 26.2 Å². The summed E-state index contributed by atoms with van der Waals surface area (Å²) >= 11 is 0. The molecule has 0 aliphatic heterocycles. The predicted molar refractivity (Wildman–Crippen MR) is 50.5 cm³/mol. The van der Waals surface area contributed by atoms with E-state index in [2.05, 4.69) is 33.8 Å². The molecule has 0 heteroatoms. The van der Waals surface area contributed by atoms with Gasteiger partial charge in [-0.25, -0.2) is 0 Å². The van der Waals surface area contributed by atoms with E-state index in [1.54, 1.807) is 5.57 Å². The van der Waals surface area contributed by atoms with Crippen molar-refractivity contribution in [1.82, 2.24) is 0 Å².